The smallest absolute Gasteiger partial charge is 0.244 e. The van der Waals surface area contributed by atoms with Crippen LogP contribution in [-0.2, 0) is 4.79 Å². The molecule has 5 heteroatoms. The highest BCUT2D eigenvalue weighted by Gasteiger charge is 2.17. The van der Waals surface area contributed by atoms with Crippen molar-refractivity contribution in [3.8, 4) is 11.8 Å². The first-order valence-electron chi connectivity index (χ1n) is 8.65. The molecule has 1 N–H and O–H groups in total. The van der Waals surface area contributed by atoms with Gasteiger partial charge in [-0.3, -0.25) is 4.79 Å². The highest BCUT2D eigenvalue weighted by atomic mass is 16.5. The van der Waals surface area contributed by atoms with E-state index in [1.807, 2.05) is 56.3 Å². The number of aryl methyl sites for hydroxylation is 1. The van der Waals surface area contributed by atoms with Crippen LogP contribution in [0.4, 0.5) is 0 Å². The summed E-state index contributed by atoms with van der Waals surface area (Å²) in [5, 5.41) is 12.5. The maximum Gasteiger partial charge on any atom is 0.244 e. The van der Waals surface area contributed by atoms with Crippen LogP contribution in [0.3, 0.4) is 0 Å². The summed E-state index contributed by atoms with van der Waals surface area (Å²) in [5.41, 5.74) is 2.72. The second-order valence-corrected chi connectivity index (χ2v) is 6.17. The standard InChI is InChI=1S/C22H20N2O3/c1-15-19-5-3-4-6-20(19)27-22(15)16(2)24-21(25)12-9-17-7-10-18(11-8-17)26-14-13-23/h3-12,16H,14H2,1-2H3,(H,24,25). The van der Waals surface area contributed by atoms with Gasteiger partial charge in [0, 0.05) is 17.0 Å². The number of hydrogen-bond donors (Lipinski definition) is 1. The van der Waals surface area contributed by atoms with Crippen molar-refractivity contribution in [3.63, 3.8) is 0 Å². The van der Waals surface area contributed by atoms with E-state index in [4.69, 9.17) is 14.4 Å². The first-order valence-corrected chi connectivity index (χ1v) is 8.65. The van der Waals surface area contributed by atoms with Gasteiger partial charge in [0.05, 0.1) is 6.04 Å². The Kier molecular flexibility index (Phi) is 5.58. The molecular formula is C22H20N2O3. The van der Waals surface area contributed by atoms with Crippen LogP contribution in [0.2, 0.25) is 0 Å². The molecule has 1 aromatic heterocycles. The molecule has 0 radical (unpaired) electrons. The molecule has 5 nitrogen and oxygen atoms in total. The third kappa shape index (κ3) is 4.36. The van der Waals surface area contributed by atoms with Crippen molar-refractivity contribution in [3.05, 3.63) is 71.5 Å². The molecule has 0 fully saturated rings. The van der Waals surface area contributed by atoms with Gasteiger partial charge in [-0.15, -0.1) is 0 Å². The number of carbonyl (C=O) groups is 1. The SMILES string of the molecule is Cc1c(C(C)NC(=O)C=Cc2ccc(OCC#N)cc2)oc2ccccc12. The van der Waals surface area contributed by atoms with Gasteiger partial charge >= 0.3 is 0 Å². The Morgan fingerprint density at radius 1 is 1.26 bits per heavy atom. The minimum atomic E-state index is -0.240. The van der Waals surface area contributed by atoms with Crippen molar-refractivity contribution in [1.82, 2.24) is 5.32 Å². The van der Waals surface area contributed by atoms with Crippen molar-refractivity contribution in [1.29, 1.82) is 5.26 Å². The summed E-state index contributed by atoms with van der Waals surface area (Å²) >= 11 is 0. The number of rotatable bonds is 6. The number of para-hydroxylation sites is 1. The lowest BCUT2D eigenvalue weighted by Gasteiger charge is -2.10. The maximum atomic E-state index is 12.2. The van der Waals surface area contributed by atoms with E-state index >= 15 is 0 Å². The van der Waals surface area contributed by atoms with Crippen molar-refractivity contribution in [2.75, 3.05) is 6.61 Å². The van der Waals surface area contributed by atoms with Gasteiger partial charge in [-0.2, -0.15) is 5.26 Å². The average molecular weight is 360 g/mol. The van der Waals surface area contributed by atoms with E-state index < -0.39 is 0 Å². The second-order valence-electron chi connectivity index (χ2n) is 6.17. The fourth-order valence-corrected chi connectivity index (χ4v) is 2.90. The Hall–Kier alpha value is -3.52. The summed E-state index contributed by atoms with van der Waals surface area (Å²) < 4.78 is 11.1. The van der Waals surface area contributed by atoms with E-state index in [1.54, 1.807) is 18.2 Å². The second kappa shape index (κ2) is 8.24. The molecule has 0 aliphatic rings. The molecule has 27 heavy (non-hydrogen) atoms. The van der Waals surface area contributed by atoms with E-state index in [-0.39, 0.29) is 18.6 Å². The zero-order valence-corrected chi connectivity index (χ0v) is 15.2. The molecule has 0 aliphatic heterocycles. The minimum Gasteiger partial charge on any atom is -0.479 e. The van der Waals surface area contributed by atoms with Crippen molar-refractivity contribution in [2.45, 2.75) is 19.9 Å². The van der Waals surface area contributed by atoms with Crippen LogP contribution in [0.1, 0.15) is 29.9 Å². The molecule has 3 rings (SSSR count). The van der Waals surface area contributed by atoms with Crippen LogP contribution < -0.4 is 10.1 Å². The highest BCUT2D eigenvalue weighted by Crippen LogP contribution is 2.29. The number of ether oxygens (including phenoxy) is 1. The number of benzene rings is 2. The number of amides is 1. The maximum absolute atomic E-state index is 12.2. The van der Waals surface area contributed by atoms with Gasteiger partial charge in [0.25, 0.3) is 0 Å². The number of fused-ring (bicyclic) bond motifs is 1. The highest BCUT2D eigenvalue weighted by molar-refractivity contribution is 5.92. The van der Waals surface area contributed by atoms with Gasteiger partial charge in [0.2, 0.25) is 5.91 Å². The molecule has 1 atom stereocenters. The fourth-order valence-electron chi connectivity index (χ4n) is 2.90. The summed E-state index contributed by atoms with van der Waals surface area (Å²) in [6.07, 6.45) is 3.21. The van der Waals surface area contributed by atoms with Crippen LogP contribution in [0.15, 0.2) is 59.0 Å². The Morgan fingerprint density at radius 3 is 2.70 bits per heavy atom. The Bertz CT molecular complexity index is 1010. The molecular weight excluding hydrogens is 340 g/mol. The number of nitrogens with zero attached hydrogens (tertiary/aromatic N) is 1. The van der Waals surface area contributed by atoms with Crippen molar-refractivity contribution < 1.29 is 13.9 Å². The lowest BCUT2D eigenvalue weighted by molar-refractivity contribution is -0.117. The molecule has 3 aromatic rings. The van der Waals surface area contributed by atoms with Crippen LogP contribution >= 0.6 is 0 Å². The van der Waals surface area contributed by atoms with Crippen LogP contribution in [0.25, 0.3) is 17.0 Å². The summed E-state index contributed by atoms with van der Waals surface area (Å²) in [7, 11) is 0. The van der Waals surface area contributed by atoms with E-state index in [0.29, 0.717) is 5.75 Å². The average Bonchev–Trinajstić information content (AvgIpc) is 3.02. The predicted molar refractivity (Wildman–Crippen MR) is 104 cm³/mol. The molecule has 2 aromatic carbocycles. The van der Waals surface area contributed by atoms with Gasteiger partial charge in [0.1, 0.15) is 23.2 Å². The largest absolute Gasteiger partial charge is 0.479 e. The molecule has 0 aliphatic carbocycles. The van der Waals surface area contributed by atoms with Crippen LogP contribution in [-0.4, -0.2) is 12.5 Å². The first kappa shape index (κ1) is 18.3. The quantitative estimate of drug-likeness (QED) is 0.655. The number of furan rings is 1. The zero-order chi connectivity index (χ0) is 19.2. The molecule has 1 heterocycles. The van der Waals surface area contributed by atoms with Gasteiger partial charge in [-0.25, -0.2) is 0 Å². The van der Waals surface area contributed by atoms with Crippen molar-refractivity contribution in [2.24, 2.45) is 0 Å². The van der Waals surface area contributed by atoms with Crippen LogP contribution in [0, 0.1) is 18.3 Å². The Balaban J connectivity index is 1.63. The molecule has 1 amide bonds. The normalized spacial score (nSPS) is 12.0. The molecule has 1 unspecified atom stereocenters. The monoisotopic (exact) mass is 360 g/mol. The third-order valence-corrected chi connectivity index (χ3v) is 4.24. The summed E-state index contributed by atoms with van der Waals surface area (Å²) in [4.78, 5) is 12.2. The van der Waals surface area contributed by atoms with E-state index in [2.05, 4.69) is 5.32 Å². The summed E-state index contributed by atoms with van der Waals surface area (Å²) in [6.45, 7) is 3.91. The van der Waals surface area contributed by atoms with E-state index in [0.717, 1.165) is 27.9 Å². The van der Waals surface area contributed by atoms with Gasteiger partial charge < -0.3 is 14.5 Å². The number of hydrogen-bond acceptors (Lipinski definition) is 4. The first-order chi connectivity index (χ1) is 13.1. The summed E-state index contributed by atoms with van der Waals surface area (Å²) in [6, 6.07) is 16.7. The van der Waals surface area contributed by atoms with Crippen molar-refractivity contribution >= 4 is 23.0 Å². The molecule has 136 valence electrons. The van der Waals surface area contributed by atoms with Crippen LogP contribution in [0.5, 0.6) is 5.75 Å². The molecule has 0 bridgehead atoms. The zero-order valence-electron chi connectivity index (χ0n) is 15.2. The number of nitriles is 1. The predicted octanol–water partition coefficient (Wildman–Crippen LogP) is 4.53. The Morgan fingerprint density at radius 2 is 2.00 bits per heavy atom. The van der Waals surface area contributed by atoms with Gasteiger partial charge in [-0.1, -0.05) is 30.3 Å². The lowest BCUT2D eigenvalue weighted by atomic mass is 10.1. The van der Waals surface area contributed by atoms with E-state index in [9.17, 15) is 4.79 Å². The summed E-state index contributed by atoms with van der Waals surface area (Å²) in [5.74, 6) is 1.18. The fraction of sp³-hybridized carbons (Fsp3) is 0.182. The Labute approximate surface area is 157 Å². The minimum absolute atomic E-state index is 0.0106. The number of nitrogens with one attached hydrogen (secondary N) is 1. The third-order valence-electron chi connectivity index (χ3n) is 4.24. The lowest BCUT2D eigenvalue weighted by Crippen LogP contribution is -2.24. The topological polar surface area (TPSA) is 75.3 Å². The molecule has 0 spiro atoms. The molecule has 0 saturated carbocycles. The van der Waals surface area contributed by atoms with E-state index in [1.165, 1.54) is 6.08 Å². The van der Waals surface area contributed by atoms with Gasteiger partial charge in [-0.05, 0) is 43.7 Å². The molecule has 0 saturated heterocycles. The van der Waals surface area contributed by atoms with Gasteiger partial charge in [0.15, 0.2) is 6.61 Å². The number of carbonyl (C=O) groups excluding carboxylic acids is 1.